The van der Waals surface area contributed by atoms with E-state index in [9.17, 15) is 9.59 Å². The highest BCUT2D eigenvalue weighted by atomic mass is 35.5. The third-order valence-electron chi connectivity index (χ3n) is 4.65. The van der Waals surface area contributed by atoms with Gasteiger partial charge < -0.3 is 10.1 Å². The second-order valence-corrected chi connectivity index (χ2v) is 7.34. The lowest BCUT2D eigenvalue weighted by Gasteiger charge is -2.07. The number of hydrogen-bond donors (Lipinski definition) is 1. The first kappa shape index (κ1) is 19.3. The number of benzene rings is 2. The minimum atomic E-state index is -0.266. The maximum atomic E-state index is 12.9. The summed E-state index contributed by atoms with van der Waals surface area (Å²) in [7, 11) is 0. The summed E-state index contributed by atoms with van der Waals surface area (Å²) in [5.74, 6) is 1.42. The molecule has 1 fully saturated rings. The summed E-state index contributed by atoms with van der Waals surface area (Å²) in [6, 6.07) is 16.3. The summed E-state index contributed by atoms with van der Waals surface area (Å²) in [5.41, 5.74) is 0.621. The van der Waals surface area contributed by atoms with Crippen LogP contribution in [-0.2, 0) is 11.3 Å². The van der Waals surface area contributed by atoms with E-state index in [2.05, 4.69) is 10.4 Å². The summed E-state index contributed by atoms with van der Waals surface area (Å²) in [4.78, 5) is 24.8. The van der Waals surface area contributed by atoms with Crippen LogP contribution in [0.5, 0.6) is 5.75 Å². The third kappa shape index (κ3) is 4.68. The van der Waals surface area contributed by atoms with E-state index in [4.69, 9.17) is 16.3 Å². The van der Waals surface area contributed by atoms with Gasteiger partial charge in [0.25, 0.3) is 5.91 Å². The summed E-state index contributed by atoms with van der Waals surface area (Å²) in [6.45, 7) is 0.478. The number of halogens is 1. The van der Waals surface area contributed by atoms with Gasteiger partial charge in [0, 0.05) is 17.5 Å². The highest BCUT2D eigenvalue weighted by Gasteiger charge is 2.31. The van der Waals surface area contributed by atoms with E-state index in [1.807, 2.05) is 30.3 Å². The van der Waals surface area contributed by atoms with Gasteiger partial charge in [-0.05, 0) is 49.2 Å². The molecule has 29 heavy (non-hydrogen) atoms. The van der Waals surface area contributed by atoms with E-state index in [0.717, 1.165) is 24.4 Å². The number of para-hydroxylation sites is 1. The summed E-state index contributed by atoms with van der Waals surface area (Å²) < 4.78 is 8.50. The van der Waals surface area contributed by atoms with Gasteiger partial charge in [-0.25, -0.2) is 14.0 Å². The normalized spacial score (nSPS) is 13.3. The number of aromatic nitrogens is 3. The second-order valence-electron chi connectivity index (χ2n) is 6.90. The van der Waals surface area contributed by atoms with Crippen molar-refractivity contribution in [1.82, 2.24) is 19.7 Å². The molecule has 1 saturated carbocycles. The van der Waals surface area contributed by atoms with E-state index < -0.39 is 0 Å². The van der Waals surface area contributed by atoms with Crippen LogP contribution in [0.15, 0.2) is 59.4 Å². The molecule has 0 aliphatic heterocycles. The van der Waals surface area contributed by atoms with Crippen molar-refractivity contribution in [3.8, 4) is 11.4 Å². The average molecular weight is 413 g/mol. The number of rotatable bonds is 8. The van der Waals surface area contributed by atoms with Gasteiger partial charge in [-0.2, -0.15) is 5.10 Å². The molecule has 0 unspecified atom stereocenters. The molecule has 0 radical (unpaired) electrons. The first-order valence-electron chi connectivity index (χ1n) is 9.52. The Morgan fingerprint density at radius 1 is 1.14 bits per heavy atom. The van der Waals surface area contributed by atoms with Gasteiger partial charge >= 0.3 is 5.69 Å². The van der Waals surface area contributed by atoms with Crippen molar-refractivity contribution in [2.24, 2.45) is 0 Å². The lowest BCUT2D eigenvalue weighted by Crippen LogP contribution is -2.34. The van der Waals surface area contributed by atoms with E-state index in [1.54, 1.807) is 28.8 Å². The zero-order valence-corrected chi connectivity index (χ0v) is 16.5. The Balaban J connectivity index is 1.36. The largest absolute Gasteiger partial charge is 0.484 e. The molecule has 0 bridgehead atoms. The van der Waals surface area contributed by atoms with Gasteiger partial charge in [0.1, 0.15) is 11.6 Å². The maximum Gasteiger partial charge on any atom is 0.350 e. The molecule has 0 saturated heterocycles. The van der Waals surface area contributed by atoms with Crippen molar-refractivity contribution in [3.05, 3.63) is 75.9 Å². The zero-order valence-electron chi connectivity index (χ0n) is 15.8. The highest BCUT2D eigenvalue weighted by Crippen LogP contribution is 2.39. The van der Waals surface area contributed by atoms with Gasteiger partial charge in [-0.3, -0.25) is 4.79 Å². The summed E-state index contributed by atoms with van der Waals surface area (Å²) in [5, 5.41) is 7.88. The van der Waals surface area contributed by atoms with Crippen molar-refractivity contribution in [3.63, 3.8) is 0 Å². The Hall–Kier alpha value is -3.06. The van der Waals surface area contributed by atoms with E-state index in [0.29, 0.717) is 29.8 Å². The summed E-state index contributed by atoms with van der Waals surface area (Å²) in [6.07, 6.45) is 2.09. The molecule has 1 aliphatic rings. The van der Waals surface area contributed by atoms with Gasteiger partial charge in [-0.1, -0.05) is 29.8 Å². The van der Waals surface area contributed by atoms with Crippen LogP contribution in [0.2, 0.25) is 5.02 Å². The lowest BCUT2D eigenvalue weighted by atomic mass is 10.3. The van der Waals surface area contributed by atoms with E-state index in [1.165, 1.54) is 4.68 Å². The molecule has 3 aromatic rings. The smallest absolute Gasteiger partial charge is 0.350 e. The van der Waals surface area contributed by atoms with Crippen molar-refractivity contribution >= 4 is 17.5 Å². The van der Waals surface area contributed by atoms with Crippen LogP contribution < -0.4 is 15.7 Å². The summed E-state index contributed by atoms with van der Waals surface area (Å²) >= 11 is 5.82. The SMILES string of the molecule is O=C(COc1ccc(Cl)cc1)NCCn1nc(C2CC2)n(-c2ccccc2)c1=O. The highest BCUT2D eigenvalue weighted by molar-refractivity contribution is 6.30. The molecule has 1 N–H and O–H groups in total. The minimum absolute atomic E-state index is 0.109. The number of carbonyl (C=O) groups is 1. The van der Waals surface area contributed by atoms with Crippen LogP contribution in [0.3, 0.4) is 0 Å². The Morgan fingerprint density at radius 2 is 1.86 bits per heavy atom. The number of carbonyl (C=O) groups excluding carboxylic acids is 1. The van der Waals surface area contributed by atoms with Crippen LogP contribution in [-0.4, -0.2) is 33.4 Å². The molecule has 150 valence electrons. The van der Waals surface area contributed by atoms with Gasteiger partial charge in [0.05, 0.1) is 12.2 Å². The lowest BCUT2D eigenvalue weighted by molar-refractivity contribution is -0.123. The zero-order chi connectivity index (χ0) is 20.2. The van der Waals surface area contributed by atoms with Crippen LogP contribution in [0.1, 0.15) is 24.6 Å². The van der Waals surface area contributed by atoms with E-state index in [-0.39, 0.29) is 18.2 Å². The van der Waals surface area contributed by atoms with Crippen LogP contribution >= 0.6 is 11.6 Å². The molecule has 1 heterocycles. The predicted octanol–water partition coefficient (Wildman–Crippen LogP) is 2.76. The molecule has 7 nitrogen and oxygen atoms in total. The van der Waals surface area contributed by atoms with Crippen molar-refractivity contribution in [2.75, 3.05) is 13.2 Å². The molecule has 8 heteroatoms. The van der Waals surface area contributed by atoms with Gasteiger partial charge in [0.2, 0.25) is 0 Å². The van der Waals surface area contributed by atoms with Crippen LogP contribution in [0.4, 0.5) is 0 Å². The number of ether oxygens (including phenoxy) is 1. The first-order valence-corrected chi connectivity index (χ1v) is 9.90. The topological polar surface area (TPSA) is 78.2 Å². The number of nitrogens with zero attached hydrogens (tertiary/aromatic N) is 3. The molecule has 2 aromatic carbocycles. The van der Waals surface area contributed by atoms with Crippen LogP contribution in [0.25, 0.3) is 5.69 Å². The minimum Gasteiger partial charge on any atom is -0.484 e. The fraction of sp³-hybridized carbons (Fsp3) is 0.286. The van der Waals surface area contributed by atoms with Crippen LogP contribution in [0, 0.1) is 0 Å². The first-order chi connectivity index (χ1) is 14.1. The monoisotopic (exact) mass is 412 g/mol. The molecule has 0 atom stereocenters. The Bertz CT molecular complexity index is 1040. The molecular weight excluding hydrogens is 392 g/mol. The predicted molar refractivity (Wildman–Crippen MR) is 110 cm³/mol. The number of nitrogens with one attached hydrogen (secondary N) is 1. The van der Waals surface area contributed by atoms with E-state index >= 15 is 0 Å². The van der Waals surface area contributed by atoms with Crippen molar-refractivity contribution in [1.29, 1.82) is 0 Å². The van der Waals surface area contributed by atoms with Gasteiger partial charge in [0.15, 0.2) is 6.61 Å². The fourth-order valence-electron chi connectivity index (χ4n) is 3.03. The standard InChI is InChI=1S/C21H21ClN4O3/c22-16-8-10-18(11-9-16)29-14-19(27)23-12-13-25-21(28)26(17-4-2-1-3-5-17)20(24-25)15-6-7-15/h1-5,8-11,15H,6-7,12-14H2,(H,23,27). The Kier molecular flexibility index (Phi) is 5.67. The quantitative estimate of drug-likeness (QED) is 0.617. The number of hydrogen-bond acceptors (Lipinski definition) is 4. The Morgan fingerprint density at radius 3 is 2.55 bits per heavy atom. The molecule has 4 rings (SSSR count). The Labute approximate surface area is 172 Å². The third-order valence-corrected chi connectivity index (χ3v) is 4.90. The molecule has 1 amide bonds. The number of amides is 1. The van der Waals surface area contributed by atoms with Crippen molar-refractivity contribution < 1.29 is 9.53 Å². The second kappa shape index (κ2) is 8.53. The van der Waals surface area contributed by atoms with Gasteiger partial charge in [-0.15, -0.1) is 0 Å². The van der Waals surface area contributed by atoms with Crippen molar-refractivity contribution in [2.45, 2.75) is 25.3 Å². The molecule has 1 aromatic heterocycles. The molecule has 0 spiro atoms. The maximum absolute atomic E-state index is 12.9. The molecular formula is C21H21ClN4O3. The fourth-order valence-corrected chi connectivity index (χ4v) is 3.15. The average Bonchev–Trinajstić information content (AvgIpc) is 3.53. The molecule has 1 aliphatic carbocycles.